The average molecular weight is 204 g/mol. The molecule has 1 aromatic rings. The van der Waals surface area contributed by atoms with Crippen LogP contribution in [0, 0.1) is 0 Å². The molecule has 0 aliphatic carbocycles. The first-order chi connectivity index (χ1) is 4.74. The van der Waals surface area contributed by atoms with Gasteiger partial charge in [-0.3, -0.25) is 4.79 Å². The average Bonchev–Trinajstić information content (AvgIpc) is 2.34. The quantitative estimate of drug-likeness (QED) is 0.751. The topological polar surface area (TPSA) is 42.2 Å². The van der Waals surface area contributed by atoms with Gasteiger partial charge in [-0.15, -0.1) is 0 Å². The number of halogens is 1. The van der Waals surface area contributed by atoms with E-state index in [0.717, 1.165) is 0 Å². The van der Waals surface area contributed by atoms with Gasteiger partial charge in [0, 0.05) is 7.05 Å². The highest BCUT2D eigenvalue weighted by atomic mass is 79.9. The van der Waals surface area contributed by atoms with E-state index in [9.17, 15) is 4.79 Å². The minimum absolute atomic E-state index is 0.217. The van der Waals surface area contributed by atoms with Crippen molar-refractivity contribution in [3.05, 3.63) is 22.6 Å². The Bertz CT molecular complexity index is 244. The van der Waals surface area contributed by atoms with E-state index in [1.54, 1.807) is 19.2 Å². The Kier molecular flexibility index (Phi) is 2.11. The SMILES string of the molecule is CNC(=O)c1ccc(Br)o1. The van der Waals surface area contributed by atoms with Crippen LogP contribution in [0.3, 0.4) is 0 Å². The summed E-state index contributed by atoms with van der Waals surface area (Å²) in [4.78, 5) is 10.8. The van der Waals surface area contributed by atoms with Crippen LogP contribution in [0.5, 0.6) is 0 Å². The maximum Gasteiger partial charge on any atom is 0.286 e. The standard InChI is InChI=1S/C6H6BrNO2/c1-8-6(9)4-2-3-5(7)10-4/h2-3H,1H3,(H,8,9). The molecule has 0 aliphatic rings. The first-order valence-electron chi connectivity index (χ1n) is 2.71. The molecule has 10 heavy (non-hydrogen) atoms. The second-order valence-electron chi connectivity index (χ2n) is 1.68. The van der Waals surface area contributed by atoms with E-state index in [4.69, 9.17) is 4.42 Å². The van der Waals surface area contributed by atoms with E-state index < -0.39 is 0 Å². The monoisotopic (exact) mass is 203 g/mol. The number of hydrogen-bond acceptors (Lipinski definition) is 2. The van der Waals surface area contributed by atoms with Crippen molar-refractivity contribution >= 4 is 21.8 Å². The number of amides is 1. The molecule has 0 atom stereocenters. The second kappa shape index (κ2) is 2.88. The van der Waals surface area contributed by atoms with Gasteiger partial charge < -0.3 is 9.73 Å². The molecule has 0 aliphatic heterocycles. The predicted octanol–water partition coefficient (Wildman–Crippen LogP) is 1.40. The third-order valence-corrected chi connectivity index (χ3v) is 1.45. The zero-order valence-corrected chi connectivity index (χ0v) is 6.94. The molecule has 4 heteroatoms. The predicted molar refractivity (Wildman–Crippen MR) is 39.8 cm³/mol. The van der Waals surface area contributed by atoms with E-state index in [1.807, 2.05) is 0 Å². The molecule has 0 spiro atoms. The van der Waals surface area contributed by atoms with E-state index in [0.29, 0.717) is 10.4 Å². The van der Waals surface area contributed by atoms with Gasteiger partial charge in [-0.05, 0) is 28.1 Å². The van der Waals surface area contributed by atoms with Gasteiger partial charge in [-0.2, -0.15) is 0 Å². The lowest BCUT2D eigenvalue weighted by Gasteiger charge is -1.90. The Morgan fingerprint density at radius 2 is 2.40 bits per heavy atom. The molecule has 0 fully saturated rings. The molecule has 1 rings (SSSR count). The van der Waals surface area contributed by atoms with Gasteiger partial charge >= 0.3 is 0 Å². The van der Waals surface area contributed by atoms with Gasteiger partial charge in [0.25, 0.3) is 5.91 Å². The van der Waals surface area contributed by atoms with E-state index in [2.05, 4.69) is 21.2 Å². The van der Waals surface area contributed by atoms with Crippen molar-refractivity contribution in [1.29, 1.82) is 0 Å². The first kappa shape index (κ1) is 7.34. The van der Waals surface area contributed by atoms with Crippen molar-refractivity contribution in [3.8, 4) is 0 Å². The number of furan rings is 1. The lowest BCUT2D eigenvalue weighted by Crippen LogP contribution is -2.16. The number of hydrogen-bond donors (Lipinski definition) is 1. The molecular weight excluding hydrogens is 198 g/mol. The van der Waals surface area contributed by atoms with Gasteiger partial charge in [-0.25, -0.2) is 0 Å². The maximum absolute atomic E-state index is 10.8. The van der Waals surface area contributed by atoms with Gasteiger partial charge in [0.05, 0.1) is 0 Å². The highest BCUT2D eigenvalue weighted by molar-refractivity contribution is 9.10. The van der Waals surface area contributed by atoms with Gasteiger partial charge in [0.2, 0.25) is 0 Å². The molecule has 0 bridgehead atoms. The van der Waals surface area contributed by atoms with E-state index in [1.165, 1.54) is 0 Å². The lowest BCUT2D eigenvalue weighted by molar-refractivity contribution is 0.0934. The van der Waals surface area contributed by atoms with Crippen LogP contribution in [0.2, 0.25) is 0 Å². The van der Waals surface area contributed by atoms with Crippen molar-refractivity contribution < 1.29 is 9.21 Å². The van der Waals surface area contributed by atoms with Gasteiger partial charge in [0.15, 0.2) is 10.4 Å². The molecule has 0 saturated carbocycles. The molecular formula is C6H6BrNO2. The first-order valence-corrected chi connectivity index (χ1v) is 3.51. The summed E-state index contributed by atoms with van der Waals surface area (Å²) < 4.78 is 5.50. The Labute approximate surface area is 66.5 Å². The number of carbonyl (C=O) groups is 1. The van der Waals surface area contributed by atoms with Crippen LogP contribution in [0.4, 0.5) is 0 Å². The van der Waals surface area contributed by atoms with Crippen LogP contribution >= 0.6 is 15.9 Å². The Morgan fingerprint density at radius 3 is 2.80 bits per heavy atom. The highest BCUT2D eigenvalue weighted by Crippen LogP contribution is 2.13. The van der Waals surface area contributed by atoms with Crippen LogP contribution < -0.4 is 5.32 Å². The van der Waals surface area contributed by atoms with Crippen LogP contribution in [-0.4, -0.2) is 13.0 Å². The molecule has 1 aromatic heterocycles. The Morgan fingerprint density at radius 1 is 1.70 bits per heavy atom. The second-order valence-corrected chi connectivity index (χ2v) is 2.46. The zero-order chi connectivity index (χ0) is 7.56. The van der Waals surface area contributed by atoms with Crippen LogP contribution in [0.1, 0.15) is 10.6 Å². The fourth-order valence-electron chi connectivity index (χ4n) is 0.560. The van der Waals surface area contributed by atoms with Crippen LogP contribution in [0.15, 0.2) is 21.2 Å². The lowest BCUT2D eigenvalue weighted by atomic mass is 10.4. The summed E-state index contributed by atoms with van der Waals surface area (Å²) in [5.74, 6) is 0.0973. The van der Waals surface area contributed by atoms with E-state index in [-0.39, 0.29) is 5.91 Å². The molecule has 0 unspecified atom stereocenters. The normalized spacial score (nSPS) is 9.40. The van der Waals surface area contributed by atoms with Crippen molar-refractivity contribution in [2.45, 2.75) is 0 Å². The zero-order valence-electron chi connectivity index (χ0n) is 5.35. The number of carbonyl (C=O) groups excluding carboxylic acids is 1. The molecule has 0 radical (unpaired) electrons. The minimum atomic E-state index is -0.217. The van der Waals surface area contributed by atoms with Crippen LogP contribution in [-0.2, 0) is 0 Å². The third-order valence-electron chi connectivity index (χ3n) is 1.02. The fraction of sp³-hybridized carbons (Fsp3) is 0.167. The number of nitrogens with one attached hydrogen (secondary N) is 1. The Balaban J connectivity index is 2.85. The minimum Gasteiger partial charge on any atom is -0.444 e. The fourth-order valence-corrected chi connectivity index (χ4v) is 0.866. The smallest absolute Gasteiger partial charge is 0.286 e. The summed E-state index contributed by atoms with van der Waals surface area (Å²) in [6.45, 7) is 0. The number of rotatable bonds is 1. The summed E-state index contributed by atoms with van der Waals surface area (Å²) >= 11 is 3.08. The van der Waals surface area contributed by atoms with Crippen molar-refractivity contribution in [2.24, 2.45) is 0 Å². The summed E-state index contributed by atoms with van der Waals surface area (Å²) in [6.07, 6.45) is 0. The summed E-state index contributed by atoms with van der Waals surface area (Å²) in [5.41, 5.74) is 0. The van der Waals surface area contributed by atoms with Crippen molar-refractivity contribution in [3.63, 3.8) is 0 Å². The van der Waals surface area contributed by atoms with Crippen LogP contribution in [0.25, 0.3) is 0 Å². The maximum atomic E-state index is 10.8. The van der Waals surface area contributed by atoms with Crippen molar-refractivity contribution in [2.75, 3.05) is 7.05 Å². The summed E-state index contributed by atoms with van der Waals surface area (Å²) in [6, 6.07) is 3.27. The molecule has 1 N–H and O–H groups in total. The van der Waals surface area contributed by atoms with Crippen molar-refractivity contribution in [1.82, 2.24) is 5.32 Å². The molecule has 0 saturated heterocycles. The molecule has 1 amide bonds. The summed E-state index contributed by atoms with van der Waals surface area (Å²) in [7, 11) is 1.55. The van der Waals surface area contributed by atoms with Gasteiger partial charge in [0.1, 0.15) is 0 Å². The largest absolute Gasteiger partial charge is 0.444 e. The molecule has 1 heterocycles. The Hall–Kier alpha value is -0.770. The third kappa shape index (κ3) is 1.39. The molecule has 3 nitrogen and oxygen atoms in total. The highest BCUT2D eigenvalue weighted by Gasteiger charge is 2.06. The molecule has 0 aromatic carbocycles. The molecule has 54 valence electrons. The summed E-state index contributed by atoms with van der Waals surface area (Å²) in [5, 5.41) is 2.44. The van der Waals surface area contributed by atoms with Gasteiger partial charge in [-0.1, -0.05) is 0 Å². The van der Waals surface area contributed by atoms with E-state index >= 15 is 0 Å².